The summed E-state index contributed by atoms with van der Waals surface area (Å²) in [6.07, 6.45) is 0.228. The molecule has 0 aliphatic heterocycles. The minimum absolute atomic E-state index is 0.136. The average Bonchev–Trinajstić information content (AvgIpc) is 2.01. The maximum atomic E-state index is 9.39. The van der Waals surface area contributed by atoms with Crippen molar-refractivity contribution in [2.24, 2.45) is 5.73 Å². The summed E-state index contributed by atoms with van der Waals surface area (Å²) < 4.78 is 0. The van der Waals surface area contributed by atoms with Gasteiger partial charge in [0, 0.05) is 24.8 Å². The normalized spacial score (nSPS) is 12.7. The molecule has 5 nitrogen and oxygen atoms in total. The van der Waals surface area contributed by atoms with Crippen LogP contribution in [0, 0.1) is 0 Å². The molecule has 0 spiro atoms. The van der Waals surface area contributed by atoms with Crippen LogP contribution in [0.3, 0.4) is 0 Å². The van der Waals surface area contributed by atoms with Gasteiger partial charge in [0.05, 0.1) is 5.56 Å². The molecule has 5 heteroatoms. The molecule has 1 atom stereocenters. The zero-order chi connectivity index (χ0) is 10.7. The lowest BCUT2D eigenvalue weighted by Crippen LogP contribution is -2.12. The van der Waals surface area contributed by atoms with E-state index in [9.17, 15) is 10.2 Å². The Balaban J connectivity index is 3.07. The summed E-state index contributed by atoms with van der Waals surface area (Å²) >= 11 is 0. The number of benzene rings is 1. The first-order valence-electron chi connectivity index (χ1n) is 4.17. The molecule has 1 aromatic rings. The first kappa shape index (κ1) is 10.6. The van der Waals surface area contributed by atoms with Crippen molar-refractivity contribution in [1.82, 2.24) is 0 Å². The van der Waals surface area contributed by atoms with Gasteiger partial charge in [-0.1, -0.05) is 0 Å². The Morgan fingerprint density at radius 2 is 1.64 bits per heavy atom. The van der Waals surface area contributed by atoms with Crippen LogP contribution in [-0.2, 0) is 0 Å². The number of phenolic OH excluding ortho intramolecular Hbond substituents is 3. The van der Waals surface area contributed by atoms with Gasteiger partial charge in [0.2, 0.25) is 0 Å². The molecule has 14 heavy (non-hydrogen) atoms. The largest absolute Gasteiger partial charge is 0.508 e. The molecule has 0 aliphatic rings. The van der Waals surface area contributed by atoms with Gasteiger partial charge in [0.25, 0.3) is 0 Å². The molecule has 0 saturated carbocycles. The standard InChI is InChI=1S/C9H13NO4/c10-6(1-2-11)9-7(13)3-5(12)4-8(9)14/h3-4,6,11-14H,1-2,10H2/t6-/m1/s1. The molecular weight excluding hydrogens is 186 g/mol. The van der Waals surface area contributed by atoms with Gasteiger partial charge in [-0.05, 0) is 6.42 Å². The Morgan fingerprint density at radius 3 is 2.07 bits per heavy atom. The number of hydrogen-bond donors (Lipinski definition) is 5. The van der Waals surface area contributed by atoms with Gasteiger partial charge < -0.3 is 26.2 Å². The van der Waals surface area contributed by atoms with Crippen LogP contribution in [-0.4, -0.2) is 27.0 Å². The van der Waals surface area contributed by atoms with Crippen molar-refractivity contribution in [3.63, 3.8) is 0 Å². The van der Waals surface area contributed by atoms with Gasteiger partial charge in [-0.2, -0.15) is 0 Å². The van der Waals surface area contributed by atoms with Crippen molar-refractivity contribution < 1.29 is 20.4 Å². The molecule has 0 amide bonds. The predicted molar refractivity (Wildman–Crippen MR) is 50.1 cm³/mol. The Labute approximate surface area is 81.0 Å². The van der Waals surface area contributed by atoms with Crippen molar-refractivity contribution >= 4 is 0 Å². The highest BCUT2D eigenvalue weighted by Gasteiger charge is 2.16. The number of hydrogen-bond acceptors (Lipinski definition) is 5. The Kier molecular flexibility index (Phi) is 3.16. The highest BCUT2D eigenvalue weighted by molar-refractivity contribution is 5.50. The molecule has 0 heterocycles. The zero-order valence-corrected chi connectivity index (χ0v) is 7.51. The summed E-state index contributed by atoms with van der Waals surface area (Å²) in [4.78, 5) is 0. The van der Waals surface area contributed by atoms with Crippen LogP contribution in [0.1, 0.15) is 18.0 Å². The number of rotatable bonds is 3. The van der Waals surface area contributed by atoms with E-state index in [1.54, 1.807) is 0 Å². The Hall–Kier alpha value is -1.46. The number of nitrogens with two attached hydrogens (primary N) is 1. The van der Waals surface area contributed by atoms with Gasteiger partial charge >= 0.3 is 0 Å². The topological polar surface area (TPSA) is 107 Å². The van der Waals surface area contributed by atoms with Crippen LogP contribution in [0.15, 0.2) is 12.1 Å². The summed E-state index contributed by atoms with van der Waals surface area (Å²) in [7, 11) is 0. The molecule has 0 aliphatic carbocycles. The van der Waals surface area contributed by atoms with E-state index in [0.717, 1.165) is 12.1 Å². The molecule has 1 rings (SSSR count). The van der Waals surface area contributed by atoms with E-state index in [1.165, 1.54) is 0 Å². The second-order valence-electron chi connectivity index (χ2n) is 3.02. The van der Waals surface area contributed by atoms with Gasteiger partial charge in [0.15, 0.2) is 0 Å². The Bertz CT molecular complexity index is 304. The van der Waals surface area contributed by atoms with Crippen molar-refractivity contribution in [2.75, 3.05) is 6.61 Å². The molecular formula is C9H13NO4. The summed E-state index contributed by atoms with van der Waals surface area (Å²) in [5, 5.41) is 36.4. The number of aromatic hydroxyl groups is 3. The fraction of sp³-hybridized carbons (Fsp3) is 0.333. The number of phenols is 3. The van der Waals surface area contributed by atoms with Crippen LogP contribution in [0.25, 0.3) is 0 Å². The predicted octanol–water partition coefficient (Wildman–Crippen LogP) is 0.186. The van der Waals surface area contributed by atoms with Crippen LogP contribution < -0.4 is 5.73 Å². The molecule has 1 aromatic carbocycles. The van der Waals surface area contributed by atoms with Crippen molar-refractivity contribution in [2.45, 2.75) is 12.5 Å². The summed E-state index contributed by atoms with van der Waals surface area (Å²) in [6.45, 7) is -0.138. The third-order valence-corrected chi connectivity index (χ3v) is 1.93. The summed E-state index contributed by atoms with van der Waals surface area (Å²) in [5.74, 6) is -0.785. The second-order valence-corrected chi connectivity index (χ2v) is 3.02. The summed E-state index contributed by atoms with van der Waals surface area (Å²) in [6, 6.07) is 1.53. The molecule has 0 aromatic heterocycles. The number of aliphatic hydroxyl groups is 1. The van der Waals surface area contributed by atoms with Crippen molar-refractivity contribution in [1.29, 1.82) is 0 Å². The van der Waals surface area contributed by atoms with Crippen molar-refractivity contribution in [3.8, 4) is 17.2 Å². The molecule has 0 fully saturated rings. The van der Waals surface area contributed by atoms with Crippen LogP contribution in [0.5, 0.6) is 17.2 Å². The lowest BCUT2D eigenvalue weighted by molar-refractivity contribution is 0.274. The third kappa shape index (κ3) is 2.07. The molecule has 0 bridgehead atoms. The van der Waals surface area contributed by atoms with Gasteiger partial charge in [-0.15, -0.1) is 0 Å². The fourth-order valence-corrected chi connectivity index (χ4v) is 1.27. The maximum absolute atomic E-state index is 9.39. The molecule has 78 valence electrons. The molecule has 6 N–H and O–H groups in total. The highest BCUT2D eigenvalue weighted by atomic mass is 16.3. The molecule has 0 unspecified atom stereocenters. The van der Waals surface area contributed by atoms with Gasteiger partial charge in [0.1, 0.15) is 17.2 Å². The van der Waals surface area contributed by atoms with E-state index < -0.39 is 6.04 Å². The lowest BCUT2D eigenvalue weighted by atomic mass is 10.0. The van der Waals surface area contributed by atoms with E-state index in [1.807, 2.05) is 0 Å². The fourth-order valence-electron chi connectivity index (χ4n) is 1.27. The van der Waals surface area contributed by atoms with Gasteiger partial charge in [-0.25, -0.2) is 0 Å². The Morgan fingerprint density at radius 1 is 1.14 bits per heavy atom. The van der Waals surface area contributed by atoms with Crippen LogP contribution >= 0.6 is 0 Å². The minimum Gasteiger partial charge on any atom is -0.508 e. The average molecular weight is 199 g/mol. The number of aliphatic hydroxyl groups excluding tert-OH is 1. The quantitative estimate of drug-likeness (QED) is 0.477. The van der Waals surface area contributed by atoms with E-state index in [4.69, 9.17) is 15.9 Å². The monoisotopic (exact) mass is 199 g/mol. The second kappa shape index (κ2) is 4.17. The van der Waals surface area contributed by atoms with E-state index in [2.05, 4.69) is 0 Å². The molecule has 0 saturated heterocycles. The highest BCUT2D eigenvalue weighted by Crippen LogP contribution is 2.36. The first-order valence-corrected chi connectivity index (χ1v) is 4.17. The minimum atomic E-state index is -0.652. The van der Waals surface area contributed by atoms with Gasteiger partial charge in [-0.3, -0.25) is 0 Å². The lowest BCUT2D eigenvalue weighted by Gasteiger charge is -2.14. The van der Waals surface area contributed by atoms with E-state index >= 15 is 0 Å². The smallest absolute Gasteiger partial charge is 0.127 e. The summed E-state index contributed by atoms with van der Waals surface area (Å²) in [5.41, 5.74) is 5.73. The van der Waals surface area contributed by atoms with E-state index in [-0.39, 0.29) is 35.8 Å². The third-order valence-electron chi connectivity index (χ3n) is 1.93. The van der Waals surface area contributed by atoms with Crippen LogP contribution in [0.4, 0.5) is 0 Å². The molecule has 0 radical (unpaired) electrons. The zero-order valence-electron chi connectivity index (χ0n) is 7.51. The van der Waals surface area contributed by atoms with E-state index in [0.29, 0.717) is 0 Å². The first-order chi connectivity index (χ1) is 6.56. The van der Waals surface area contributed by atoms with Crippen LogP contribution in [0.2, 0.25) is 0 Å². The maximum Gasteiger partial charge on any atom is 0.127 e. The van der Waals surface area contributed by atoms with Crippen molar-refractivity contribution in [3.05, 3.63) is 17.7 Å². The SMILES string of the molecule is N[C@H](CCO)c1c(O)cc(O)cc1O.